The molecule has 0 bridgehead atoms. The quantitative estimate of drug-likeness (QED) is 0.774. The molecule has 0 N–H and O–H groups in total. The van der Waals surface area contributed by atoms with Crippen LogP contribution in [-0.2, 0) is 19.4 Å². The maximum absolute atomic E-state index is 11.6. The lowest BCUT2D eigenvalue weighted by Gasteiger charge is -2.01. The van der Waals surface area contributed by atoms with Crippen molar-refractivity contribution in [1.29, 1.82) is 0 Å². The first kappa shape index (κ1) is 11.7. The van der Waals surface area contributed by atoms with Crippen molar-refractivity contribution < 1.29 is 4.79 Å². The molecule has 18 heavy (non-hydrogen) atoms. The van der Waals surface area contributed by atoms with Gasteiger partial charge in [0.25, 0.3) is 0 Å². The Balaban J connectivity index is 1.49. The SMILES string of the molecule is O=C1CCc2cc(CCCCn3ccnc3)sc21. The molecular formula is C14H16N2OS. The van der Waals surface area contributed by atoms with Gasteiger partial charge in [0.15, 0.2) is 5.78 Å². The number of unbranched alkanes of at least 4 members (excludes halogenated alkanes) is 1. The number of ketones is 1. The van der Waals surface area contributed by atoms with Gasteiger partial charge < -0.3 is 4.57 Å². The van der Waals surface area contributed by atoms with Gasteiger partial charge in [0.05, 0.1) is 11.2 Å². The van der Waals surface area contributed by atoms with E-state index in [1.807, 2.05) is 18.7 Å². The van der Waals surface area contributed by atoms with Gasteiger partial charge in [-0.3, -0.25) is 4.79 Å². The fourth-order valence-corrected chi connectivity index (χ4v) is 3.62. The molecular weight excluding hydrogens is 244 g/mol. The first-order chi connectivity index (χ1) is 8.83. The predicted molar refractivity (Wildman–Crippen MR) is 72.1 cm³/mol. The molecule has 0 atom stereocenters. The molecule has 94 valence electrons. The van der Waals surface area contributed by atoms with Crippen LogP contribution in [0.3, 0.4) is 0 Å². The van der Waals surface area contributed by atoms with Crippen molar-refractivity contribution >= 4 is 17.1 Å². The molecule has 2 aromatic rings. The zero-order chi connectivity index (χ0) is 12.4. The standard InChI is InChI=1S/C14H16N2OS/c17-13-5-4-11-9-12(18-14(11)13)3-1-2-7-16-8-6-15-10-16/h6,8-10H,1-5,7H2. The number of aryl methyl sites for hydroxylation is 3. The van der Waals surface area contributed by atoms with E-state index in [0.29, 0.717) is 5.78 Å². The molecule has 3 nitrogen and oxygen atoms in total. The Kier molecular flexibility index (Phi) is 3.28. The summed E-state index contributed by atoms with van der Waals surface area (Å²) in [6.45, 7) is 1.03. The lowest BCUT2D eigenvalue weighted by atomic mass is 10.2. The zero-order valence-electron chi connectivity index (χ0n) is 10.3. The van der Waals surface area contributed by atoms with Crippen LogP contribution in [0.1, 0.15) is 39.4 Å². The fraction of sp³-hybridized carbons (Fsp3) is 0.429. The number of carbonyl (C=O) groups excluding carboxylic acids is 1. The minimum Gasteiger partial charge on any atom is -0.337 e. The van der Waals surface area contributed by atoms with Gasteiger partial charge in [-0.15, -0.1) is 11.3 Å². The maximum Gasteiger partial charge on any atom is 0.173 e. The predicted octanol–water partition coefficient (Wildman–Crippen LogP) is 3.10. The van der Waals surface area contributed by atoms with Crippen molar-refractivity contribution in [3.8, 4) is 0 Å². The van der Waals surface area contributed by atoms with Gasteiger partial charge in [-0.2, -0.15) is 0 Å². The van der Waals surface area contributed by atoms with Crippen LogP contribution in [0.15, 0.2) is 24.8 Å². The number of Topliss-reactive ketones (excluding diaryl/α,β-unsaturated/α-hetero) is 1. The van der Waals surface area contributed by atoms with Gasteiger partial charge in [-0.05, 0) is 37.3 Å². The summed E-state index contributed by atoms with van der Waals surface area (Å²) >= 11 is 1.71. The second-order valence-corrected chi connectivity index (χ2v) is 5.88. The molecule has 0 amide bonds. The first-order valence-electron chi connectivity index (χ1n) is 6.43. The van der Waals surface area contributed by atoms with E-state index in [1.54, 1.807) is 11.3 Å². The summed E-state index contributed by atoms with van der Waals surface area (Å²) in [7, 11) is 0. The Morgan fingerprint density at radius 2 is 2.28 bits per heavy atom. The zero-order valence-corrected chi connectivity index (χ0v) is 11.1. The number of rotatable bonds is 5. The molecule has 0 fully saturated rings. The highest BCUT2D eigenvalue weighted by Crippen LogP contribution is 2.31. The molecule has 4 heteroatoms. The second kappa shape index (κ2) is 5.06. The van der Waals surface area contributed by atoms with Crippen molar-refractivity contribution in [2.45, 2.75) is 38.6 Å². The average molecular weight is 260 g/mol. The van der Waals surface area contributed by atoms with Gasteiger partial charge in [-0.25, -0.2) is 4.98 Å². The molecule has 1 aliphatic carbocycles. The molecule has 0 unspecified atom stereocenters. The summed E-state index contributed by atoms with van der Waals surface area (Å²) in [5.41, 5.74) is 1.29. The molecule has 0 saturated carbocycles. The first-order valence-corrected chi connectivity index (χ1v) is 7.25. The number of fused-ring (bicyclic) bond motifs is 1. The van der Waals surface area contributed by atoms with Gasteiger partial charge in [0.2, 0.25) is 0 Å². The normalized spacial score (nSPS) is 14.1. The lowest BCUT2D eigenvalue weighted by Crippen LogP contribution is -1.95. The summed E-state index contributed by atoms with van der Waals surface area (Å²) in [5, 5.41) is 0. The van der Waals surface area contributed by atoms with Crippen molar-refractivity contribution in [2.24, 2.45) is 0 Å². The molecule has 0 aromatic carbocycles. The highest BCUT2D eigenvalue weighted by atomic mass is 32.1. The van der Waals surface area contributed by atoms with Crippen LogP contribution < -0.4 is 0 Å². The van der Waals surface area contributed by atoms with Crippen LogP contribution in [0.5, 0.6) is 0 Å². The fourth-order valence-electron chi connectivity index (χ4n) is 2.41. The third kappa shape index (κ3) is 2.38. The second-order valence-electron chi connectivity index (χ2n) is 4.75. The third-order valence-electron chi connectivity index (χ3n) is 3.38. The van der Waals surface area contributed by atoms with Crippen LogP contribution in [0.4, 0.5) is 0 Å². The van der Waals surface area contributed by atoms with Crippen LogP contribution in [-0.4, -0.2) is 15.3 Å². The van der Waals surface area contributed by atoms with Gasteiger partial charge in [-0.1, -0.05) is 0 Å². The van der Waals surface area contributed by atoms with Crippen LogP contribution >= 0.6 is 11.3 Å². The summed E-state index contributed by atoms with van der Waals surface area (Å²) in [4.78, 5) is 18.0. The Labute approximate surface area is 110 Å². The minimum atomic E-state index is 0.347. The van der Waals surface area contributed by atoms with E-state index in [4.69, 9.17) is 0 Å². The number of hydrogen-bond acceptors (Lipinski definition) is 3. The van der Waals surface area contributed by atoms with E-state index in [9.17, 15) is 4.79 Å². The Morgan fingerprint density at radius 1 is 1.33 bits per heavy atom. The van der Waals surface area contributed by atoms with E-state index < -0.39 is 0 Å². The van der Waals surface area contributed by atoms with Crippen molar-refractivity contribution in [3.63, 3.8) is 0 Å². The highest BCUT2D eigenvalue weighted by molar-refractivity contribution is 7.14. The summed E-state index contributed by atoms with van der Waals surface area (Å²) in [6.07, 6.45) is 10.8. The number of aromatic nitrogens is 2. The van der Waals surface area contributed by atoms with Crippen LogP contribution in [0.25, 0.3) is 0 Å². The lowest BCUT2D eigenvalue weighted by molar-refractivity contribution is 0.0998. The average Bonchev–Trinajstić information content (AvgIpc) is 3.05. The number of thiophene rings is 1. The monoisotopic (exact) mass is 260 g/mol. The summed E-state index contributed by atoms with van der Waals surface area (Å²) in [6, 6.07) is 2.24. The largest absolute Gasteiger partial charge is 0.337 e. The van der Waals surface area contributed by atoms with Gasteiger partial charge >= 0.3 is 0 Å². The minimum absolute atomic E-state index is 0.347. The number of imidazole rings is 1. The molecule has 2 aromatic heterocycles. The topological polar surface area (TPSA) is 34.9 Å². The van der Waals surface area contributed by atoms with Gasteiger partial charge in [0, 0.05) is 30.2 Å². The van der Waals surface area contributed by atoms with Crippen molar-refractivity contribution in [1.82, 2.24) is 9.55 Å². The number of nitrogens with zero attached hydrogens (tertiary/aromatic N) is 2. The molecule has 0 spiro atoms. The molecule has 1 aliphatic rings. The van der Waals surface area contributed by atoms with E-state index in [1.165, 1.54) is 16.9 Å². The molecule has 3 rings (SSSR count). The number of hydrogen-bond donors (Lipinski definition) is 0. The van der Waals surface area contributed by atoms with E-state index in [-0.39, 0.29) is 0 Å². The van der Waals surface area contributed by atoms with E-state index in [0.717, 1.165) is 37.1 Å². The van der Waals surface area contributed by atoms with Crippen LogP contribution in [0, 0.1) is 0 Å². The Morgan fingerprint density at radius 3 is 3.06 bits per heavy atom. The Hall–Kier alpha value is -1.42. The third-order valence-corrected chi connectivity index (χ3v) is 4.66. The van der Waals surface area contributed by atoms with E-state index >= 15 is 0 Å². The van der Waals surface area contributed by atoms with Crippen LogP contribution in [0.2, 0.25) is 0 Å². The number of carbonyl (C=O) groups is 1. The maximum atomic E-state index is 11.6. The molecule has 2 heterocycles. The molecule has 0 radical (unpaired) electrons. The smallest absolute Gasteiger partial charge is 0.173 e. The van der Waals surface area contributed by atoms with Crippen molar-refractivity contribution in [3.05, 3.63) is 40.1 Å². The molecule has 0 saturated heterocycles. The summed E-state index contributed by atoms with van der Waals surface area (Å²) < 4.78 is 2.11. The van der Waals surface area contributed by atoms with E-state index in [2.05, 4.69) is 15.6 Å². The highest BCUT2D eigenvalue weighted by Gasteiger charge is 2.22. The van der Waals surface area contributed by atoms with Crippen molar-refractivity contribution in [2.75, 3.05) is 0 Å². The summed E-state index contributed by atoms with van der Waals surface area (Å²) in [5.74, 6) is 0.347. The Bertz CT molecular complexity index is 542. The molecule has 0 aliphatic heterocycles. The van der Waals surface area contributed by atoms with Gasteiger partial charge in [0.1, 0.15) is 0 Å².